The second-order valence-corrected chi connectivity index (χ2v) is 12.9. The lowest BCUT2D eigenvalue weighted by atomic mass is 9.84. The van der Waals surface area contributed by atoms with Gasteiger partial charge in [-0.1, -0.05) is 86.2 Å². The second-order valence-electron chi connectivity index (χ2n) is 12.5. The fourth-order valence-electron chi connectivity index (χ4n) is 6.23. The van der Waals surface area contributed by atoms with Crippen LogP contribution in [0, 0.1) is 11.8 Å². The number of aliphatic carboxylic acids is 1. The van der Waals surface area contributed by atoms with Crippen LogP contribution in [0.25, 0.3) is 0 Å². The Morgan fingerprint density at radius 2 is 1.72 bits per heavy atom. The summed E-state index contributed by atoms with van der Waals surface area (Å²) in [6, 6.07) is 14.4. The molecule has 232 valence electrons. The molecule has 0 spiro atoms. The first kappa shape index (κ1) is 32.3. The molecule has 1 aliphatic heterocycles. The third-order valence-electron chi connectivity index (χ3n) is 8.36. The van der Waals surface area contributed by atoms with Crippen LogP contribution in [0.4, 0.5) is 4.79 Å². The van der Waals surface area contributed by atoms with Crippen molar-refractivity contribution in [1.29, 1.82) is 0 Å². The molecule has 0 aromatic heterocycles. The molecule has 0 bridgehead atoms. The van der Waals surface area contributed by atoms with E-state index < -0.39 is 47.6 Å². The molecule has 0 radical (unpaired) electrons. The molecule has 10 heteroatoms. The summed E-state index contributed by atoms with van der Waals surface area (Å²) in [6.07, 6.45) is 4.85. The quantitative estimate of drug-likeness (QED) is 0.248. The molecule has 4 unspecified atom stereocenters. The highest BCUT2D eigenvalue weighted by atomic mass is 35.5. The van der Waals surface area contributed by atoms with Crippen LogP contribution in [0.3, 0.4) is 0 Å². The van der Waals surface area contributed by atoms with Gasteiger partial charge in [0.15, 0.2) is 0 Å². The third-order valence-corrected chi connectivity index (χ3v) is 8.59. The maximum absolute atomic E-state index is 13.6. The number of amides is 3. The largest absolute Gasteiger partial charge is 0.480 e. The molecule has 4 N–H and O–H groups in total. The summed E-state index contributed by atoms with van der Waals surface area (Å²) < 4.78 is 5.90. The number of carbonyl (C=O) groups excluding carboxylic acids is 3. The molecule has 3 amide bonds. The molecule has 2 fully saturated rings. The number of nitrogens with one attached hydrogen (secondary N) is 3. The standard InChI is InChI=1S/C33H42ClN3O6/c1-33(2)20-24(29(38)37-33)19-27(31(40)41)35-30(39)26(17-21-10-5-3-6-11-21)36-32(42)43-28(23-13-7-4-8-14-23)18-22-12-9-15-25(34)16-22/h4,7-9,12-16,21,24,26-28H,3,5-6,10-11,17-20H2,1-2H3,(H,35,39)(H,36,42)(H,37,38)(H,40,41). The normalized spacial score (nSPS) is 20.3. The van der Waals surface area contributed by atoms with Gasteiger partial charge in [-0.25, -0.2) is 9.59 Å². The summed E-state index contributed by atoms with van der Waals surface area (Å²) in [4.78, 5) is 51.5. The lowest BCUT2D eigenvalue weighted by Gasteiger charge is -2.28. The van der Waals surface area contributed by atoms with Gasteiger partial charge >= 0.3 is 12.1 Å². The van der Waals surface area contributed by atoms with Crippen molar-refractivity contribution >= 4 is 35.5 Å². The van der Waals surface area contributed by atoms with Gasteiger partial charge < -0.3 is 25.8 Å². The fraction of sp³-hybridized carbons (Fsp3) is 0.515. The lowest BCUT2D eigenvalue weighted by Crippen LogP contribution is -2.53. The van der Waals surface area contributed by atoms with E-state index >= 15 is 0 Å². The number of hydrogen-bond acceptors (Lipinski definition) is 5. The lowest BCUT2D eigenvalue weighted by molar-refractivity contribution is -0.143. The van der Waals surface area contributed by atoms with Crippen LogP contribution >= 0.6 is 11.6 Å². The van der Waals surface area contributed by atoms with Crippen molar-refractivity contribution in [3.8, 4) is 0 Å². The van der Waals surface area contributed by atoms with Crippen molar-refractivity contribution in [2.24, 2.45) is 11.8 Å². The first-order chi connectivity index (χ1) is 20.5. The predicted octanol–water partition coefficient (Wildman–Crippen LogP) is 5.56. The van der Waals surface area contributed by atoms with E-state index in [1.165, 1.54) is 0 Å². The maximum atomic E-state index is 13.6. The van der Waals surface area contributed by atoms with Gasteiger partial charge in [-0.2, -0.15) is 0 Å². The van der Waals surface area contributed by atoms with E-state index in [1.807, 2.05) is 62.4 Å². The molecule has 4 atom stereocenters. The third kappa shape index (κ3) is 9.71. The zero-order chi connectivity index (χ0) is 31.0. The molecule has 1 saturated carbocycles. The molecule has 2 aromatic carbocycles. The highest BCUT2D eigenvalue weighted by Gasteiger charge is 2.40. The van der Waals surface area contributed by atoms with Crippen molar-refractivity contribution in [3.63, 3.8) is 0 Å². The van der Waals surface area contributed by atoms with Gasteiger partial charge in [0.05, 0.1) is 0 Å². The molecular formula is C33H42ClN3O6. The SMILES string of the molecule is CC1(C)CC(CC(NC(=O)C(CC2CCCCC2)NC(=O)OC(Cc2cccc(Cl)c2)c2ccccc2)C(=O)O)C(=O)N1. The van der Waals surface area contributed by atoms with Crippen molar-refractivity contribution in [2.75, 3.05) is 0 Å². The van der Waals surface area contributed by atoms with Crippen LogP contribution in [0.15, 0.2) is 54.6 Å². The minimum atomic E-state index is -1.27. The van der Waals surface area contributed by atoms with Crippen LogP contribution in [-0.2, 0) is 25.5 Å². The topological polar surface area (TPSA) is 134 Å². The van der Waals surface area contributed by atoms with Crippen molar-refractivity contribution < 1.29 is 29.0 Å². The number of carbonyl (C=O) groups is 4. The zero-order valence-electron chi connectivity index (χ0n) is 24.8. The molecular weight excluding hydrogens is 570 g/mol. The molecule has 4 rings (SSSR count). The van der Waals surface area contributed by atoms with Gasteiger partial charge in [0.1, 0.15) is 18.2 Å². The first-order valence-electron chi connectivity index (χ1n) is 15.1. The minimum absolute atomic E-state index is 0.0351. The van der Waals surface area contributed by atoms with E-state index in [0.717, 1.165) is 43.2 Å². The van der Waals surface area contributed by atoms with Gasteiger partial charge in [-0.05, 0) is 62.3 Å². The van der Waals surface area contributed by atoms with Crippen molar-refractivity contribution in [1.82, 2.24) is 16.0 Å². The van der Waals surface area contributed by atoms with Crippen LogP contribution in [0.1, 0.15) is 82.4 Å². The maximum Gasteiger partial charge on any atom is 0.408 e. The molecule has 43 heavy (non-hydrogen) atoms. The molecule has 1 aliphatic carbocycles. The Morgan fingerprint density at radius 3 is 2.35 bits per heavy atom. The van der Waals surface area contributed by atoms with Gasteiger partial charge in [0.25, 0.3) is 0 Å². The summed E-state index contributed by atoms with van der Waals surface area (Å²) in [7, 11) is 0. The van der Waals surface area contributed by atoms with Crippen LogP contribution in [0.5, 0.6) is 0 Å². The van der Waals surface area contributed by atoms with Gasteiger partial charge in [-0.3, -0.25) is 9.59 Å². The summed E-state index contributed by atoms with van der Waals surface area (Å²) in [5.74, 6) is -2.37. The van der Waals surface area contributed by atoms with Gasteiger partial charge in [0.2, 0.25) is 11.8 Å². The Hall–Kier alpha value is -3.59. The predicted molar refractivity (Wildman–Crippen MR) is 163 cm³/mol. The van der Waals surface area contributed by atoms with E-state index in [2.05, 4.69) is 16.0 Å². The Morgan fingerprint density at radius 1 is 1.00 bits per heavy atom. The Kier molecular flexibility index (Phi) is 11.1. The van der Waals surface area contributed by atoms with E-state index in [9.17, 15) is 24.3 Å². The second kappa shape index (κ2) is 14.7. The highest BCUT2D eigenvalue weighted by molar-refractivity contribution is 6.30. The van der Waals surface area contributed by atoms with Crippen LogP contribution in [0.2, 0.25) is 5.02 Å². The first-order valence-corrected chi connectivity index (χ1v) is 15.5. The van der Waals surface area contributed by atoms with Crippen LogP contribution in [-0.4, -0.2) is 46.6 Å². The minimum Gasteiger partial charge on any atom is -0.480 e. The molecule has 2 aliphatic rings. The number of halogens is 1. The monoisotopic (exact) mass is 611 g/mol. The number of benzene rings is 2. The Bertz CT molecular complexity index is 1280. The number of hydrogen-bond donors (Lipinski definition) is 4. The number of carboxylic acid groups (broad SMARTS) is 1. The Balaban J connectivity index is 1.48. The van der Waals surface area contributed by atoms with Gasteiger partial charge in [0, 0.05) is 22.9 Å². The highest BCUT2D eigenvalue weighted by Crippen LogP contribution is 2.30. The summed E-state index contributed by atoms with van der Waals surface area (Å²) >= 11 is 6.19. The molecule has 9 nitrogen and oxygen atoms in total. The van der Waals surface area contributed by atoms with Crippen molar-refractivity contribution in [3.05, 3.63) is 70.7 Å². The van der Waals surface area contributed by atoms with E-state index in [4.69, 9.17) is 16.3 Å². The number of carboxylic acids is 1. The number of ether oxygens (including phenoxy) is 1. The molecule has 2 aromatic rings. The number of rotatable bonds is 12. The van der Waals surface area contributed by atoms with Gasteiger partial charge in [-0.15, -0.1) is 0 Å². The van der Waals surface area contributed by atoms with Crippen LogP contribution < -0.4 is 16.0 Å². The zero-order valence-corrected chi connectivity index (χ0v) is 25.6. The van der Waals surface area contributed by atoms with E-state index in [0.29, 0.717) is 24.3 Å². The fourth-order valence-corrected chi connectivity index (χ4v) is 6.44. The van der Waals surface area contributed by atoms with E-state index in [1.54, 1.807) is 6.07 Å². The van der Waals surface area contributed by atoms with E-state index in [-0.39, 0.29) is 18.2 Å². The molecule has 1 heterocycles. The van der Waals surface area contributed by atoms with Crippen molar-refractivity contribution in [2.45, 2.75) is 95.4 Å². The average Bonchev–Trinajstić information content (AvgIpc) is 3.23. The molecule has 1 saturated heterocycles. The number of alkyl carbamates (subject to hydrolysis) is 1. The summed E-state index contributed by atoms with van der Waals surface area (Å²) in [5, 5.41) is 18.7. The Labute approximate surface area is 258 Å². The summed E-state index contributed by atoms with van der Waals surface area (Å²) in [5.41, 5.74) is 1.23. The average molecular weight is 612 g/mol. The summed E-state index contributed by atoms with van der Waals surface area (Å²) in [6.45, 7) is 3.76. The smallest absolute Gasteiger partial charge is 0.408 e.